The van der Waals surface area contributed by atoms with Crippen molar-refractivity contribution in [2.75, 3.05) is 38.5 Å². The molecule has 0 aliphatic carbocycles. The van der Waals surface area contributed by atoms with Crippen LogP contribution < -0.4 is 20.1 Å². The zero-order valence-corrected chi connectivity index (χ0v) is 17.6. The molecule has 7 nitrogen and oxygen atoms in total. The average Bonchev–Trinajstić information content (AvgIpc) is 2.82. The molecular weight excluding hydrogens is 396 g/mol. The third kappa shape index (κ3) is 5.14. The number of esters is 1. The molecule has 0 atom stereocenters. The second-order valence-corrected chi connectivity index (χ2v) is 6.56. The number of carbonyl (C=O) groups is 2. The largest absolute Gasteiger partial charge is 0.493 e. The molecule has 2 N–H and O–H groups in total. The number of hydrogen-bond acceptors (Lipinski definition) is 6. The number of rotatable bonds is 8. The van der Waals surface area contributed by atoms with Gasteiger partial charge in [0.2, 0.25) is 5.91 Å². The minimum atomic E-state index is -0.557. The van der Waals surface area contributed by atoms with Crippen molar-refractivity contribution in [3.05, 3.63) is 72.3 Å². The lowest BCUT2D eigenvalue weighted by Crippen LogP contribution is -2.23. The Kier molecular flexibility index (Phi) is 7.11. The first-order valence-corrected chi connectivity index (χ1v) is 9.60. The molecule has 7 heteroatoms. The molecule has 0 aromatic heterocycles. The van der Waals surface area contributed by atoms with Gasteiger partial charge in [0.05, 0.1) is 39.1 Å². The summed E-state index contributed by atoms with van der Waals surface area (Å²) in [6.45, 7) is -0.0669. The summed E-state index contributed by atoms with van der Waals surface area (Å²) in [6, 6.07) is 20.5. The van der Waals surface area contributed by atoms with Gasteiger partial charge >= 0.3 is 5.97 Å². The summed E-state index contributed by atoms with van der Waals surface area (Å²) < 4.78 is 15.4. The topological polar surface area (TPSA) is 85.9 Å². The van der Waals surface area contributed by atoms with Crippen LogP contribution in [0.1, 0.15) is 10.4 Å². The molecule has 160 valence electrons. The zero-order chi connectivity index (χ0) is 22.2. The first kappa shape index (κ1) is 21.7. The summed E-state index contributed by atoms with van der Waals surface area (Å²) in [5.41, 5.74) is 3.24. The Hall–Kier alpha value is -4.00. The fourth-order valence-corrected chi connectivity index (χ4v) is 3.14. The molecule has 0 aliphatic rings. The van der Waals surface area contributed by atoms with Gasteiger partial charge in [0, 0.05) is 23.4 Å². The maximum Gasteiger partial charge on any atom is 0.340 e. The van der Waals surface area contributed by atoms with Gasteiger partial charge in [-0.1, -0.05) is 48.5 Å². The summed E-state index contributed by atoms with van der Waals surface area (Å²) >= 11 is 0. The monoisotopic (exact) mass is 420 g/mol. The van der Waals surface area contributed by atoms with E-state index in [4.69, 9.17) is 14.2 Å². The second-order valence-electron chi connectivity index (χ2n) is 6.56. The van der Waals surface area contributed by atoms with Crippen molar-refractivity contribution in [3.8, 4) is 22.6 Å². The van der Waals surface area contributed by atoms with E-state index in [0.29, 0.717) is 22.9 Å². The predicted molar refractivity (Wildman–Crippen MR) is 120 cm³/mol. The smallest absolute Gasteiger partial charge is 0.340 e. The molecule has 0 spiro atoms. The van der Waals surface area contributed by atoms with Crippen LogP contribution >= 0.6 is 0 Å². The molecule has 1 amide bonds. The van der Waals surface area contributed by atoms with Crippen LogP contribution in [-0.4, -0.2) is 39.8 Å². The molecule has 3 rings (SSSR count). The van der Waals surface area contributed by atoms with Crippen LogP contribution in [0.2, 0.25) is 0 Å². The van der Waals surface area contributed by atoms with Crippen molar-refractivity contribution in [3.63, 3.8) is 0 Å². The quantitative estimate of drug-likeness (QED) is 0.531. The van der Waals surface area contributed by atoms with E-state index in [9.17, 15) is 9.59 Å². The fourth-order valence-electron chi connectivity index (χ4n) is 3.14. The van der Waals surface area contributed by atoms with Gasteiger partial charge in [-0.05, 0) is 11.6 Å². The highest BCUT2D eigenvalue weighted by molar-refractivity contribution is 6.00. The Labute approximate surface area is 180 Å². The molecule has 3 aromatic carbocycles. The summed E-state index contributed by atoms with van der Waals surface area (Å²) in [5.74, 6) is -0.0190. The lowest BCUT2D eigenvalue weighted by Gasteiger charge is -2.16. The number of nitrogens with one attached hydrogen (secondary N) is 2. The SMILES string of the molecule is COC(=O)c1cc(OC)c(OC)cc1NCC(=O)Nc1ccccc1-c1ccccc1. The number of para-hydroxylation sites is 1. The van der Waals surface area contributed by atoms with Gasteiger partial charge < -0.3 is 24.8 Å². The van der Waals surface area contributed by atoms with Crippen molar-refractivity contribution in [1.29, 1.82) is 0 Å². The highest BCUT2D eigenvalue weighted by atomic mass is 16.5. The van der Waals surface area contributed by atoms with Gasteiger partial charge in [-0.2, -0.15) is 0 Å². The normalized spacial score (nSPS) is 10.2. The maximum atomic E-state index is 12.7. The number of ether oxygens (including phenoxy) is 3. The van der Waals surface area contributed by atoms with Crippen LogP contribution in [0.5, 0.6) is 11.5 Å². The number of amides is 1. The molecule has 0 bridgehead atoms. The molecule has 0 heterocycles. The van der Waals surface area contributed by atoms with Crippen molar-refractivity contribution in [2.24, 2.45) is 0 Å². The van der Waals surface area contributed by atoms with Crippen LogP contribution in [0.4, 0.5) is 11.4 Å². The van der Waals surface area contributed by atoms with Crippen LogP contribution in [0, 0.1) is 0 Å². The molecule has 0 saturated heterocycles. The lowest BCUT2D eigenvalue weighted by molar-refractivity contribution is -0.114. The zero-order valence-electron chi connectivity index (χ0n) is 17.6. The number of methoxy groups -OCH3 is 3. The highest BCUT2D eigenvalue weighted by Gasteiger charge is 2.18. The summed E-state index contributed by atoms with van der Waals surface area (Å²) in [5, 5.41) is 5.90. The highest BCUT2D eigenvalue weighted by Crippen LogP contribution is 2.34. The van der Waals surface area contributed by atoms with E-state index in [1.54, 1.807) is 6.07 Å². The van der Waals surface area contributed by atoms with Crippen molar-refractivity contribution < 1.29 is 23.8 Å². The van der Waals surface area contributed by atoms with E-state index in [-0.39, 0.29) is 18.0 Å². The van der Waals surface area contributed by atoms with Gasteiger partial charge in [-0.15, -0.1) is 0 Å². The van der Waals surface area contributed by atoms with Crippen LogP contribution in [0.3, 0.4) is 0 Å². The van der Waals surface area contributed by atoms with Gasteiger partial charge in [0.25, 0.3) is 0 Å². The molecule has 31 heavy (non-hydrogen) atoms. The van der Waals surface area contributed by atoms with E-state index in [1.165, 1.54) is 27.4 Å². The molecule has 0 saturated carbocycles. The standard InChI is InChI=1S/C24H24N2O5/c1-29-21-13-18(24(28)31-3)20(14-22(21)30-2)25-15-23(27)26-19-12-8-7-11-17(19)16-9-5-4-6-10-16/h4-14,25H,15H2,1-3H3,(H,26,27). The first-order valence-electron chi connectivity index (χ1n) is 9.60. The van der Waals surface area contributed by atoms with Crippen LogP contribution in [-0.2, 0) is 9.53 Å². The Bertz CT molecular complexity index is 1070. The Balaban J connectivity index is 1.78. The molecular formula is C24H24N2O5. The Morgan fingerprint density at radius 2 is 1.45 bits per heavy atom. The van der Waals surface area contributed by atoms with E-state index < -0.39 is 5.97 Å². The van der Waals surface area contributed by atoms with E-state index >= 15 is 0 Å². The first-order chi connectivity index (χ1) is 15.1. The Morgan fingerprint density at radius 3 is 2.13 bits per heavy atom. The molecule has 0 fully saturated rings. The fraction of sp³-hybridized carbons (Fsp3) is 0.167. The van der Waals surface area contributed by atoms with Gasteiger partial charge in [0.15, 0.2) is 11.5 Å². The van der Waals surface area contributed by atoms with Crippen molar-refractivity contribution in [1.82, 2.24) is 0 Å². The number of carbonyl (C=O) groups excluding carboxylic acids is 2. The summed E-state index contributed by atoms with van der Waals surface area (Å²) in [7, 11) is 4.26. The molecule has 0 radical (unpaired) electrons. The molecule has 0 unspecified atom stereocenters. The van der Waals surface area contributed by atoms with Gasteiger partial charge in [0.1, 0.15) is 0 Å². The third-order valence-electron chi connectivity index (χ3n) is 4.65. The average molecular weight is 420 g/mol. The number of hydrogen-bond donors (Lipinski definition) is 2. The van der Waals surface area contributed by atoms with Gasteiger partial charge in [-0.25, -0.2) is 4.79 Å². The van der Waals surface area contributed by atoms with E-state index in [1.807, 2.05) is 54.6 Å². The number of anilines is 2. The van der Waals surface area contributed by atoms with E-state index in [0.717, 1.165) is 11.1 Å². The maximum absolute atomic E-state index is 12.7. The molecule has 0 aliphatic heterocycles. The van der Waals surface area contributed by atoms with E-state index in [2.05, 4.69) is 10.6 Å². The van der Waals surface area contributed by atoms with Gasteiger partial charge in [-0.3, -0.25) is 4.79 Å². The third-order valence-corrected chi connectivity index (χ3v) is 4.65. The van der Waals surface area contributed by atoms with Crippen molar-refractivity contribution >= 4 is 23.3 Å². The van der Waals surface area contributed by atoms with Crippen LogP contribution in [0.25, 0.3) is 11.1 Å². The predicted octanol–water partition coefficient (Wildman–Crippen LogP) is 4.21. The lowest BCUT2D eigenvalue weighted by atomic mass is 10.0. The number of benzene rings is 3. The minimum Gasteiger partial charge on any atom is -0.493 e. The van der Waals surface area contributed by atoms with Crippen LogP contribution in [0.15, 0.2) is 66.7 Å². The molecule has 3 aromatic rings. The summed E-state index contributed by atoms with van der Waals surface area (Å²) in [4.78, 5) is 24.8. The summed E-state index contributed by atoms with van der Waals surface area (Å²) in [6.07, 6.45) is 0. The second kappa shape index (κ2) is 10.2. The minimum absolute atomic E-state index is 0.0669. The van der Waals surface area contributed by atoms with Crippen molar-refractivity contribution in [2.45, 2.75) is 0 Å². The Morgan fingerprint density at radius 1 is 0.806 bits per heavy atom.